The smallest absolute Gasteiger partial charge is 0.310 e. The van der Waals surface area contributed by atoms with Crippen LogP contribution in [0.3, 0.4) is 0 Å². The Balaban J connectivity index is 1.84. The third kappa shape index (κ3) is 4.97. The third-order valence-electron chi connectivity index (χ3n) is 4.81. The highest BCUT2D eigenvalue weighted by Crippen LogP contribution is 2.33. The monoisotopic (exact) mass is 417 g/mol. The molecule has 0 saturated carbocycles. The summed E-state index contributed by atoms with van der Waals surface area (Å²) in [6.45, 7) is 1.51. The second kappa shape index (κ2) is 10.0. The fraction of sp³-hybridized carbons (Fsp3) is 0.409. The maximum absolute atomic E-state index is 11.8. The van der Waals surface area contributed by atoms with E-state index in [1.165, 1.54) is 0 Å². The van der Waals surface area contributed by atoms with Gasteiger partial charge in [-0.05, 0) is 36.2 Å². The standard InChI is InChI=1S/C22H25O8/c1-2-28-18(24)11-13-6-5-7-14(10-13)15-8-3-4-9-16(15)29-22-21(27)20(26)19(25)17(12-23)30-22/h4-10,17,19-23,25-27H,2,11-12H2,1H3/t17-,19-,20+,21+,22+/m1/s1. The fourth-order valence-corrected chi connectivity index (χ4v) is 3.26. The summed E-state index contributed by atoms with van der Waals surface area (Å²) >= 11 is 0. The predicted octanol–water partition coefficient (Wildman–Crippen LogP) is 0.438. The van der Waals surface area contributed by atoms with Gasteiger partial charge in [-0.2, -0.15) is 0 Å². The number of carbonyl (C=O) groups is 1. The molecule has 1 aliphatic rings. The average Bonchev–Trinajstić information content (AvgIpc) is 2.75. The zero-order chi connectivity index (χ0) is 21.7. The molecule has 0 unspecified atom stereocenters. The first-order valence-corrected chi connectivity index (χ1v) is 9.66. The third-order valence-corrected chi connectivity index (χ3v) is 4.81. The Morgan fingerprint density at radius 1 is 1.17 bits per heavy atom. The van der Waals surface area contributed by atoms with Crippen LogP contribution in [-0.2, 0) is 20.7 Å². The van der Waals surface area contributed by atoms with Gasteiger partial charge in [-0.25, -0.2) is 0 Å². The van der Waals surface area contributed by atoms with Crippen molar-refractivity contribution < 1.29 is 39.4 Å². The van der Waals surface area contributed by atoms with Crippen LogP contribution in [0, 0.1) is 6.07 Å². The van der Waals surface area contributed by atoms with Crippen LogP contribution in [0.2, 0.25) is 0 Å². The molecule has 30 heavy (non-hydrogen) atoms. The van der Waals surface area contributed by atoms with Crippen LogP contribution >= 0.6 is 0 Å². The van der Waals surface area contributed by atoms with Gasteiger partial charge in [0.1, 0.15) is 30.2 Å². The van der Waals surface area contributed by atoms with Gasteiger partial charge in [-0.15, -0.1) is 0 Å². The fourth-order valence-electron chi connectivity index (χ4n) is 3.26. The first kappa shape index (κ1) is 22.2. The summed E-state index contributed by atoms with van der Waals surface area (Å²) < 4.78 is 16.2. The number of ether oxygens (including phenoxy) is 3. The quantitative estimate of drug-likeness (QED) is 0.478. The average molecular weight is 417 g/mol. The van der Waals surface area contributed by atoms with Crippen molar-refractivity contribution in [1.82, 2.24) is 0 Å². The number of hydrogen-bond acceptors (Lipinski definition) is 8. The topological polar surface area (TPSA) is 126 Å². The Morgan fingerprint density at radius 2 is 1.97 bits per heavy atom. The molecular weight excluding hydrogens is 392 g/mol. The Morgan fingerprint density at radius 3 is 2.70 bits per heavy atom. The number of esters is 1. The lowest BCUT2D eigenvalue weighted by Gasteiger charge is -2.39. The first-order valence-electron chi connectivity index (χ1n) is 9.66. The normalized spacial score (nSPS) is 26.2. The lowest BCUT2D eigenvalue weighted by molar-refractivity contribution is -0.277. The molecule has 1 saturated heterocycles. The summed E-state index contributed by atoms with van der Waals surface area (Å²) in [6, 6.07) is 15.1. The SMILES string of the molecule is CCOC(=O)Cc1cccc(-c2c[c]ccc2O[C@H]2O[C@H](CO)[C@@H](O)[C@H](O)[C@@H]2O)c1. The van der Waals surface area contributed by atoms with Crippen molar-refractivity contribution in [3.63, 3.8) is 0 Å². The zero-order valence-corrected chi connectivity index (χ0v) is 16.5. The highest BCUT2D eigenvalue weighted by Gasteiger charge is 2.44. The Hall–Kier alpha value is -2.49. The van der Waals surface area contributed by atoms with E-state index in [1.54, 1.807) is 31.2 Å². The van der Waals surface area contributed by atoms with Gasteiger partial charge in [0, 0.05) is 5.56 Å². The van der Waals surface area contributed by atoms with Gasteiger partial charge in [0.05, 0.1) is 19.6 Å². The van der Waals surface area contributed by atoms with Crippen LogP contribution in [0.4, 0.5) is 0 Å². The number of benzene rings is 2. The summed E-state index contributed by atoms with van der Waals surface area (Å²) in [4.78, 5) is 11.8. The molecule has 0 bridgehead atoms. The van der Waals surface area contributed by atoms with E-state index >= 15 is 0 Å². The Labute approximate surface area is 174 Å². The summed E-state index contributed by atoms with van der Waals surface area (Å²) in [5.74, 6) is 0.0124. The molecule has 1 radical (unpaired) electrons. The van der Waals surface area contributed by atoms with Crippen molar-refractivity contribution in [3.05, 3.63) is 54.1 Å². The van der Waals surface area contributed by atoms with Gasteiger partial charge in [-0.1, -0.05) is 30.3 Å². The summed E-state index contributed by atoms with van der Waals surface area (Å²) in [6.07, 6.45) is -6.76. The summed E-state index contributed by atoms with van der Waals surface area (Å²) in [5.41, 5.74) is 2.13. The van der Waals surface area contributed by atoms with Gasteiger partial charge in [0.15, 0.2) is 0 Å². The second-order valence-corrected chi connectivity index (χ2v) is 6.92. The van der Waals surface area contributed by atoms with Crippen LogP contribution in [-0.4, -0.2) is 70.3 Å². The number of rotatable bonds is 7. The predicted molar refractivity (Wildman–Crippen MR) is 105 cm³/mol. The Kier molecular flexibility index (Phi) is 7.41. The molecule has 8 nitrogen and oxygen atoms in total. The maximum Gasteiger partial charge on any atom is 0.310 e. The van der Waals surface area contributed by atoms with E-state index in [0.717, 1.165) is 11.1 Å². The van der Waals surface area contributed by atoms with Crippen LogP contribution < -0.4 is 4.74 Å². The lowest BCUT2D eigenvalue weighted by Crippen LogP contribution is -2.60. The molecule has 0 amide bonds. The van der Waals surface area contributed by atoms with E-state index in [2.05, 4.69) is 6.07 Å². The molecule has 1 aliphatic heterocycles. The summed E-state index contributed by atoms with van der Waals surface area (Å²) in [5, 5.41) is 39.5. The van der Waals surface area contributed by atoms with Crippen molar-refractivity contribution in [1.29, 1.82) is 0 Å². The molecule has 2 aromatic carbocycles. The maximum atomic E-state index is 11.8. The van der Waals surface area contributed by atoms with Crippen molar-refractivity contribution in [2.45, 2.75) is 44.1 Å². The number of aliphatic hydroxyl groups is 4. The van der Waals surface area contributed by atoms with E-state index in [0.29, 0.717) is 17.9 Å². The molecule has 5 atom stereocenters. The highest BCUT2D eigenvalue weighted by atomic mass is 16.7. The van der Waals surface area contributed by atoms with Gasteiger partial charge in [0.25, 0.3) is 0 Å². The van der Waals surface area contributed by atoms with E-state index < -0.39 is 37.3 Å². The number of carbonyl (C=O) groups excluding carboxylic acids is 1. The second-order valence-electron chi connectivity index (χ2n) is 6.92. The molecule has 4 N–H and O–H groups in total. The van der Waals surface area contributed by atoms with E-state index in [9.17, 15) is 25.2 Å². The molecule has 8 heteroatoms. The Bertz CT molecular complexity index is 853. The van der Waals surface area contributed by atoms with Crippen LogP contribution in [0.25, 0.3) is 11.1 Å². The first-order chi connectivity index (χ1) is 14.4. The number of aliphatic hydroxyl groups excluding tert-OH is 4. The molecule has 0 spiro atoms. The minimum absolute atomic E-state index is 0.126. The van der Waals surface area contributed by atoms with Crippen molar-refractivity contribution in [3.8, 4) is 16.9 Å². The van der Waals surface area contributed by atoms with Gasteiger partial charge in [0.2, 0.25) is 6.29 Å². The zero-order valence-electron chi connectivity index (χ0n) is 16.5. The van der Waals surface area contributed by atoms with E-state index in [-0.39, 0.29) is 12.4 Å². The minimum atomic E-state index is -1.53. The minimum Gasteiger partial charge on any atom is -0.466 e. The highest BCUT2D eigenvalue weighted by molar-refractivity contribution is 5.75. The van der Waals surface area contributed by atoms with Crippen molar-refractivity contribution >= 4 is 5.97 Å². The van der Waals surface area contributed by atoms with E-state index in [4.69, 9.17) is 14.2 Å². The van der Waals surface area contributed by atoms with Crippen molar-refractivity contribution in [2.24, 2.45) is 0 Å². The molecule has 161 valence electrons. The van der Waals surface area contributed by atoms with Gasteiger partial charge < -0.3 is 34.6 Å². The molecule has 1 heterocycles. The molecule has 0 aliphatic carbocycles. The largest absolute Gasteiger partial charge is 0.466 e. The van der Waals surface area contributed by atoms with Crippen LogP contribution in [0.1, 0.15) is 12.5 Å². The number of hydrogen-bond donors (Lipinski definition) is 4. The molecule has 3 rings (SSSR count). The van der Waals surface area contributed by atoms with Crippen LogP contribution in [0.5, 0.6) is 5.75 Å². The molecular formula is C22H25O8. The van der Waals surface area contributed by atoms with Crippen molar-refractivity contribution in [2.75, 3.05) is 13.2 Å². The van der Waals surface area contributed by atoms with Gasteiger partial charge in [-0.3, -0.25) is 4.79 Å². The molecule has 1 fully saturated rings. The molecule has 0 aromatic heterocycles. The van der Waals surface area contributed by atoms with E-state index in [1.807, 2.05) is 18.2 Å². The molecule has 2 aromatic rings. The van der Waals surface area contributed by atoms with Gasteiger partial charge >= 0.3 is 5.97 Å². The lowest BCUT2D eigenvalue weighted by atomic mass is 9.99. The summed E-state index contributed by atoms with van der Waals surface area (Å²) in [7, 11) is 0. The van der Waals surface area contributed by atoms with Crippen LogP contribution in [0.15, 0.2) is 42.5 Å².